The van der Waals surface area contributed by atoms with E-state index < -0.39 is 0 Å². The maximum atomic E-state index is 2.31. The fourth-order valence-corrected chi connectivity index (χ4v) is 4.51. The van der Waals surface area contributed by atoms with Gasteiger partial charge in [-0.1, -0.05) is 12.1 Å². The molecular weight excluding hydrogens is 232 g/mol. The van der Waals surface area contributed by atoms with Crippen LogP contribution in [-0.2, 0) is 0 Å². The van der Waals surface area contributed by atoms with Crippen molar-refractivity contribution >= 4 is 22.7 Å². The van der Waals surface area contributed by atoms with E-state index in [0.29, 0.717) is 0 Å². The first kappa shape index (κ1) is 10.5. The first-order chi connectivity index (χ1) is 7.93. The molecule has 0 aliphatic heterocycles. The third-order valence-corrected chi connectivity index (χ3v) is 5.69. The standard InChI is InChI=1S/C14H16S2/c1-3-13(15-9-1)11-5-7-12(8-6-11)14-4-2-10-16-14/h1-4,9-12H,5-8H2. The first-order valence-corrected chi connectivity index (χ1v) is 7.76. The maximum Gasteiger partial charge on any atom is 0.00761 e. The molecule has 0 atom stereocenters. The van der Waals surface area contributed by atoms with Crippen LogP contribution in [0.4, 0.5) is 0 Å². The highest BCUT2D eigenvalue weighted by Gasteiger charge is 2.24. The Kier molecular flexibility index (Phi) is 3.11. The lowest BCUT2D eigenvalue weighted by atomic mass is 9.81. The van der Waals surface area contributed by atoms with Crippen LogP contribution in [0.1, 0.15) is 47.3 Å². The van der Waals surface area contributed by atoms with E-state index in [9.17, 15) is 0 Å². The second kappa shape index (κ2) is 4.72. The van der Waals surface area contributed by atoms with Gasteiger partial charge in [-0.3, -0.25) is 0 Å². The quantitative estimate of drug-likeness (QED) is 0.681. The van der Waals surface area contributed by atoms with Gasteiger partial charge in [0.05, 0.1) is 0 Å². The molecule has 0 spiro atoms. The normalized spacial score (nSPS) is 25.8. The van der Waals surface area contributed by atoms with Crippen molar-refractivity contribution in [3.05, 3.63) is 44.8 Å². The summed E-state index contributed by atoms with van der Waals surface area (Å²) in [6.45, 7) is 0. The molecule has 1 saturated carbocycles. The van der Waals surface area contributed by atoms with E-state index in [0.717, 1.165) is 11.8 Å². The van der Waals surface area contributed by atoms with Gasteiger partial charge in [0.2, 0.25) is 0 Å². The van der Waals surface area contributed by atoms with Crippen LogP contribution in [0.2, 0.25) is 0 Å². The van der Waals surface area contributed by atoms with E-state index in [2.05, 4.69) is 35.0 Å². The molecule has 0 N–H and O–H groups in total. The van der Waals surface area contributed by atoms with Crippen LogP contribution in [0.3, 0.4) is 0 Å². The fraction of sp³-hybridized carbons (Fsp3) is 0.429. The zero-order chi connectivity index (χ0) is 10.8. The fourth-order valence-electron chi connectivity index (χ4n) is 2.71. The highest BCUT2D eigenvalue weighted by molar-refractivity contribution is 7.10. The summed E-state index contributed by atoms with van der Waals surface area (Å²) in [6.07, 6.45) is 5.51. The van der Waals surface area contributed by atoms with Crippen LogP contribution < -0.4 is 0 Å². The molecule has 2 heterocycles. The van der Waals surface area contributed by atoms with E-state index in [1.165, 1.54) is 25.7 Å². The minimum Gasteiger partial charge on any atom is -0.149 e. The van der Waals surface area contributed by atoms with Crippen molar-refractivity contribution in [2.24, 2.45) is 0 Å². The summed E-state index contributed by atoms with van der Waals surface area (Å²) in [6, 6.07) is 8.98. The minimum atomic E-state index is 0.844. The predicted molar refractivity (Wildman–Crippen MR) is 72.6 cm³/mol. The Labute approximate surface area is 105 Å². The molecular formula is C14H16S2. The van der Waals surface area contributed by atoms with Crippen LogP contribution >= 0.6 is 22.7 Å². The lowest BCUT2D eigenvalue weighted by Crippen LogP contribution is -2.10. The summed E-state index contributed by atoms with van der Waals surface area (Å²) >= 11 is 3.86. The van der Waals surface area contributed by atoms with E-state index in [4.69, 9.17) is 0 Å². The molecule has 2 aromatic heterocycles. The number of rotatable bonds is 2. The van der Waals surface area contributed by atoms with E-state index in [-0.39, 0.29) is 0 Å². The number of hydrogen-bond acceptors (Lipinski definition) is 2. The van der Waals surface area contributed by atoms with Gasteiger partial charge >= 0.3 is 0 Å². The number of thiophene rings is 2. The second-order valence-corrected chi connectivity index (χ2v) is 6.54. The Balaban J connectivity index is 1.64. The first-order valence-electron chi connectivity index (χ1n) is 6.00. The lowest BCUT2D eigenvalue weighted by molar-refractivity contribution is 0.403. The van der Waals surface area contributed by atoms with Crippen molar-refractivity contribution in [2.75, 3.05) is 0 Å². The van der Waals surface area contributed by atoms with Gasteiger partial charge in [0.1, 0.15) is 0 Å². The molecule has 0 amide bonds. The van der Waals surface area contributed by atoms with Gasteiger partial charge in [0, 0.05) is 9.75 Å². The highest BCUT2D eigenvalue weighted by atomic mass is 32.1. The third kappa shape index (κ3) is 2.09. The number of hydrogen-bond donors (Lipinski definition) is 0. The summed E-state index contributed by atoms with van der Waals surface area (Å²) < 4.78 is 0. The van der Waals surface area contributed by atoms with Crippen LogP contribution in [0.25, 0.3) is 0 Å². The average molecular weight is 248 g/mol. The molecule has 2 heteroatoms. The molecule has 0 nitrogen and oxygen atoms in total. The van der Waals surface area contributed by atoms with Gasteiger partial charge in [-0.25, -0.2) is 0 Å². The molecule has 0 radical (unpaired) electrons. The summed E-state index contributed by atoms with van der Waals surface area (Å²) in [7, 11) is 0. The molecule has 0 saturated heterocycles. The summed E-state index contributed by atoms with van der Waals surface area (Å²) in [5.74, 6) is 1.69. The van der Waals surface area contributed by atoms with Gasteiger partial charge < -0.3 is 0 Å². The van der Waals surface area contributed by atoms with Crippen LogP contribution in [0.5, 0.6) is 0 Å². The van der Waals surface area contributed by atoms with Crippen LogP contribution in [0, 0.1) is 0 Å². The van der Waals surface area contributed by atoms with E-state index in [1.54, 1.807) is 9.75 Å². The topological polar surface area (TPSA) is 0 Å². The molecule has 0 unspecified atom stereocenters. The van der Waals surface area contributed by atoms with Crippen molar-refractivity contribution in [1.29, 1.82) is 0 Å². The van der Waals surface area contributed by atoms with Gasteiger partial charge in [0.15, 0.2) is 0 Å². The Morgan fingerprint density at radius 2 is 1.19 bits per heavy atom. The van der Waals surface area contributed by atoms with Crippen LogP contribution in [-0.4, -0.2) is 0 Å². The zero-order valence-corrected chi connectivity index (χ0v) is 10.9. The summed E-state index contributed by atoms with van der Waals surface area (Å²) in [5.41, 5.74) is 0. The van der Waals surface area contributed by atoms with Gasteiger partial charge in [0.25, 0.3) is 0 Å². The Hall–Kier alpha value is -0.600. The van der Waals surface area contributed by atoms with E-state index >= 15 is 0 Å². The maximum absolute atomic E-state index is 2.31. The molecule has 1 fully saturated rings. The van der Waals surface area contributed by atoms with Gasteiger partial charge in [-0.05, 0) is 60.4 Å². The van der Waals surface area contributed by atoms with Crippen molar-refractivity contribution in [3.8, 4) is 0 Å². The molecule has 0 aromatic carbocycles. The third-order valence-electron chi connectivity index (χ3n) is 3.62. The van der Waals surface area contributed by atoms with Gasteiger partial charge in [-0.15, -0.1) is 22.7 Å². The van der Waals surface area contributed by atoms with Crippen molar-refractivity contribution in [1.82, 2.24) is 0 Å². The molecule has 0 bridgehead atoms. The molecule has 1 aliphatic rings. The molecule has 84 valence electrons. The highest BCUT2D eigenvalue weighted by Crippen LogP contribution is 2.42. The van der Waals surface area contributed by atoms with Gasteiger partial charge in [-0.2, -0.15) is 0 Å². The molecule has 16 heavy (non-hydrogen) atoms. The molecule has 3 rings (SSSR count). The SMILES string of the molecule is c1csc(C2CCC(c3cccs3)CC2)c1. The average Bonchev–Trinajstić information content (AvgIpc) is 3.03. The Bertz CT molecular complexity index is 363. The summed E-state index contributed by atoms with van der Waals surface area (Å²) in [5, 5.41) is 4.42. The Morgan fingerprint density at radius 3 is 1.50 bits per heavy atom. The smallest absolute Gasteiger partial charge is 0.00761 e. The zero-order valence-electron chi connectivity index (χ0n) is 9.26. The summed E-state index contributed by atoms with van der Waals surface area (Å²) in [4.78, 5) is 3.20. The monoisotopic (exact) mass is 248 g/mol. The largest absolute Gasteiger partial charge is 0.149 e. The van der Waals surface area contributed by atoms with Crippen molar-refractivity contribution in [2.45, 2.75) is 37.5 Å². The molecule has 2 aromatic rings. The molecule has 1 aliphatic carbocycles. The lowest BCUT2D eigenvalue weighted by Gasteiger charge is -2.27. The Morgan fingerprint density at radius 1 is 0.750 bits per heavy atom. The van der Waals surface area contributed by atoms with Crippen LogP contribution in [0.15, 0.2) is 35.0 Å². The predicted octanol–water partition coefficient (Wildman–Crippen LogP) is 5.25. The van der Waals surface area contributed by atoms with Crippen molar-refractivity contribution < 1.29 is 0 Å². The second-order valence-electron chi connectivity index (χ2n) is 4.58. The minimum absolute atomic E-state index is 0.844. The van der Waals surface area contributed by atoms with Crippen molar-refractivity contribution in [3.63, 3.8) is 0 Å². The van der Waals surface area contributed by atoms with E-state index in [1.807, 2.05) is 22.7 Å².